The Morgan fingerprint density at radius 1 is 1.42 bits per heavy atom. The van der Waals surface area contributed by atoms with Crippen LogP contribution in [0.4, 0.5) is 11.5 Å². The predicted molar refractivity (Wildman–Crippen MR) is 115 cm³/mol. The summed E-state index contributed by atoms with van der Waals surface area (Å²) < 4.78 is 17.8. The van der Waals surface area contributed by atoms with Crippen LogP contribution in [0.5, 0.6) is 0 Å². The van der Waals surface area contributed by atoms with E-state index in [1.165, 1.54) is 15.7 Å². The minimum Gasteiger partial charge on any atom is -0.467 e. The number of hydrogen-bond acceptors (Lipinski definition) is 7. The van der Waals surface area contributed by atoms with E-state index >= 15 is 0 Å². The van der Waals surface area contributed by atoms with Crippen molar-refractivity contribution >= 4 is 17.4 Å². The van der Waals surface area contributed by atoms with Crippen LogP contribution < -0.4 is 21.9 Å². The molecule has 1 aliphatic heterocycles. The topological polar surface area (TPSA) is 133 Å². The Morgan fingerprint density at radius 2 is 2.26 bits per heavy atom. The van der Waals surface area contributed by atoms with Crippen molar-refractivity contribution in [3.63, 3.8) is 0 Å². The van der Waals surface area contributed by atoms with Crippen LogP contribution in [0.3, 0.4) is 0 Å². The van der Waals surface area contributed by atoms with Crippen molar-refractivity contribution in [3.05, 3.63) is 45.0 Å². The quantitative estimate of drug-likeness (QED) is 0.514. The van der Waals surface area contributed by atoms with E-state index in [1.54, 1.807) is 12.1 Å². The minimum absolute atomic E-state index is 0.0107. The lowest BCUT2D eigenvalue weighted by Gasteiger charge is -2.24. The van der Waals surface area contributed by atoms with E-state index in [0.717, 1.165) is 25.9 Å². The Bertz CT molecular complexity index is 959. The number of nitrogens with one attached hydrogen (secondary N) is 1. The van der Waals surface area contributed by atoms with Crippen molar-refractivity contribution in [2.75, 3.05) is 30.5 Å². The highest BCUT2D eigenvalue weighted by atomic mass is 16.5. The Balaban J connectivity index is 1.80. The average molecular weight is 434 g/mol. The number of furan rings is 1. The summed E-state index contributed by atoms with van der Waals surface area (Å²) in [5.74, 6) is 0.0859. The largest absolute Gasteiger partial charge is 0.467 e. The molecule has 2 aromatic heterocycles. The molecule has 0 bridgehead atoms. The van der Waals surface area contributed by atoms with E-state index in [1.807, 2.05) is 6.92 Å². The highest BCUT2D eigenvalue weighted by Gasteiger charge is 2.25. The molecule has 1 aliphatic rings. The fourth-order valence-electron chi connectivity index (χ4n) is 3.51. The molecule has 170 valence electrons. The van der Waals surface area contributed by atoms with Gasteiger partial charge in [-0.1, -0.05) is 13.3 Å². The number of amides is 1. The van der Waals surface area contributed by atoms with Crippen molar-refractivity contribution in [2.24, 2.45) is 0 Å². The molecule has 1 atom stereocenters. The zero-order valence-electron chi connectivity index (χ0n) is 17.8. The van der Waals surface area contributed by atoms with Gasteiger partial charge in [-0.3, -0.25) is 24.0 Å². The van der Waals surface area contributed by atoms with Crippen LogP contribution in [-0.2, 0) is 27.4 Å². The lowest BCUT2D eigenvalue weighted by Crippen LogP contribution is -2.41. The zero-order valence-corrected chi connectivity index (χ0v) is 17.8. The molecule has 0 spiro atoms. The maximum Gasteiger partial charge on any atom is 0.330 e. The third-order valence-corrected chi connectivity index (χ3v) is 5.20. The van der Waals surface area contributed by atoms with E-state index in [0.29, 0.717) is 25.3 Å². The molecule has 3 N–H and O–H groups in total. The number of unbranched alkanes of at least 4 members (excludes halogenated alkanes) is 1. The van der Waals surface area contributed by atoms with Crippen molar-refractivity contribution in [1.29, 1.82) is 0 Å². The molecule has 0 radical (unpaired) electrons. The Hall–Kier alpha value is -2.85. The van der Waals surface area contributed by atoms with E-state index in [-0.39, 0.29) is 43.1 Å². The number of nitrogen functional groups attached to an aromatic ring is 1. The van der Waals surface area contributed by atoms with Gasteiger partial charge in [0.1, 0.15) is 11.6 Å². The fraction of sp³-hybridized carbons (Fsp3) is 0.571. The maximum atomic E-state index is 13.1. The van der Waals surface area contributed by atoms with Crippen LogP contribution >= 0.6 is 0 Å². The van der Waals surface area contributed by atoms with Crippen LogP contribution in [0.25, 0.3) is 0 Å². The molecule has 0 aliphatic carbocycles. The summed E-state index contributed by atoms with van der Waals surface area (Å²) in [6.45, 7) is 3.68. The summed E-state index contributed by atoms with van der Waals surface area (Å²) in [4.78, 5) is 41.5. The second-order valence-corrected chi connectivity index (χ2v) is 7.52. The van der Waals surface area contributed by atoms with Gasteiger partial charge < -0.3 is 19.6 Å². The van der Waals surface area contributed by atoms with Gasteiger partial charge in [-0.25, -0.2) is 4.79 Å². The first-order valence-corrected chi connectivity index (χ1v) is 10.7. The molecular weight excluding hydrogens is 404 g/mol. The number of anilines is 2. The standard InChI is InChI=1S/C21H30N4O6/c1-2-3-9-24-19(22)18(20(27)23-21(24)28)25(13-15-6-4-10-30-15)17(26)8-12-29-14-16-7-5-11-31-16/h4,6,10,16H,2-3,5,7-9,11-14,22H2,1H3,(H,23,27,28). The molecule has 3 heterocycles. The Labute approximate surface area is 179 Å². The average Bonchev–Trinajstić information content (AvgIpc) is 3.44. The maximum absolute atomic E-state index is 13.1. The third kappa shape index (κ3) is 5.86. The number of nitrogens with zero attached hydrogens (tertiary/aromatic N) is 2. The van der Waals surface area contributed by atoms with Gasteiger partial charge in [-0.15, -0.1) is 0 Å². The van der Waals surface area contributed by atoms with Gasteiger partial charge in [0.2, 0.25) is 5.91 Å². The molecule has 0 saturated carbocycles. The van der Waals surface area contributed by atoms with Crippen LogP contribution in [0, 0.1) is 0 Å². The number of aromatic nitrogens is 2. The number of H-pyrrole nitrogens is 1. The molecule has 1 amide bonds. The number of carbonyl (C=O) groups is 1. The van der Waals surface area contributed by atoms with E-state index in [4.69, 9.17) is 19.6 Å². The minimum atomic E-state index is -0.713. The molecule has 10 nitrogen and oxygen atoms in total. The van der Waals surface area contributed by atoms with E-state index in [9.17, 15) is 14.4 Å². The lowest BCUT2D eigenvalue weighted by atomic mass is 10.2. The van der Waals surface area contributed by atoms with Crippen molar-refractivity contribution < 1.29 is 18.7 Å². The van der Waals surface area contributed by atoms with Crippen LogP contribution in [0.1, 0.15) is 44.8 Å². The summed E-state index contributed by atoms with van der Waals surface area (Å²) in [7, 11) is 0. The van der Waals surface area contributed by atoms with Gasteiger partial charge in [0, 0.05) is 13.2 Å². The molecule has 0 aromatic carbocycles. The van der Waals surface area contributed by atoms with Crippen LogP contribution in [0.15, 0.2) is 32.4 Å². The van der Waals surface area contributed by atoms with Gasteiger partial charge >= 0.3 is 5.69 Å². The number of rotatable bonds is 11. The number of nitrogens with two attached hydrogens (primary N) is 1. The van der Waals surface area contributed by atoms with Gasteiger partial charge in [-0.2, -0.15) is 0 Å². The molecule has 1 saturated heterocycles. The van der Waals surface area contributed by atoms with E-state index < -0.39 is 11.2 Å². The van der Waals surface area contributed by atoms with Gasteiger partial charge in [0.25, 0.3) is 5.56 Å². The second kappa shape index (κ2) is 11.0. The molecule has 31 heavy (non-hydrogen) atoms. The second-order valence-electron chi connectivity index (χ2n) is 7.52. The summed E-state index contributed by atoms with van der Waals surface area (Å²) in [6, 6.07) is 3.39. The molecular formula is C21H30N4O6. The highest BCUT2D eigenvalue weighted by Crippen LogP contribution is 2.21. The molecule has 2 aromatic rings. The number of aromatic amines is 1. The van der Waals surface area contributed by atoms with Gasteiger partial charge in [0.05, 0.1) is 38.5 Å². The fourth-order valence-corrected chi connectivity index (χ4v) is 3.51. The lowest BCUT2D eigenvalue weighted by molar-refractivity contribution is -0.120. The first-order chi connectivity index (χ1) is 15.0. The monoisotopic (exact) mass is 434 g/mol. The number of ether oxygens (including phenoxy) is 2. The van der Waals surface area contributed by atoms with Gasteiger partial charge in [0.15, 0.2) is 5.69 Å². The Kier molecular flexibility index (Phi) is 8.07. The summed E-state index contributed by atoms with van der Waals surface area (Å²) >= 11 is 0. The van der Waals surface area contributed by atoms with Crippen LogP contribution in [0.2, 0.25) is 0 Å². The van der Waals surface area contributed by atoms with Gasteiger partial charge in [-0.05, 0) is 31.4 Å². The van der Waals surface area contributed by atoms with Crippen molar-refractivity contribution in [2.45, 2.75) is 58.2 Å². The Morgan fingerprint density at radius 3 is 2.94 bits per heavy atom. The highest BCUT2D eigenvalue weighted by molar-refractivity contribution is 5.95. The van der Waals surface area contributed by atoms with E-state index in [2.05, 4.69) is 4.98 Å². The summed E-state index contributed by atoms with van der Waals surface area (Å²) in [5, 5.41) is 0. The van der Waals surface area contributed by atoms with Crippen molar-refractivity contribution in [1.82, 2.24) is 9.55 Å². The number of carbonyl (C=O) groups excluding carboxylic acids is 1. The smallest absolute Gasteiger partial charge is 0.330 e. The third-order valence-electron chi connectivity index (χ3n) is 5.20. The summed E-state index contributed by atoms with van der Waals surface area (Å²) in [5.41, 5.74) is 4.84. The molecule has 1 unspecified atom stereocenters. The first kappa shape index (κ1) is 22.8. The number of hydrogen-bond donors (Lipinski definition) is 2. The predicted octanol–water partition coefficient (Wildman–Crippen LogP) is 1.63. The zero-order chi connectivity index (χ0) is 22.2. The van der Waals surface area contributed by atoms with Crippen LogP contribution in [-0.4, -0.2) is 41.4 Å². The SMILES string of the molecule is CCCCn1c(N)c(N(Cc2ccco2)C(=O)CCOCC2CCCO2)c(=O)[nH]c1=O. The normalized spacial score (nSPS) is 16.0. The summed E-state index contributed by atoms with van der Waals surface area (Å²) in [6.07, 6.45) is 5.10. The van der Waals surface area contributed by atoms with Crippen molar-refractivity contribution in [3.8, 4) is 0 Å². The molecule has 10 heteroatoms. The molecule has 1 fully saturated rings. The molecule has 3 rings (SSSR count). The first-order valence-electron chi connectivity index (χ1n) is 10.7.